The number of carbonyl (C=O) groups is 1. The average molecular weight is 233 g/mol. The molecule has 1 aromatic rings. The molecule has 0 saturated heterocycles. The Morgan fingerprint density at radius 3 is 2.38 bits per heavy atom. The number of carboxylic acid groups (broad SMARTS) is 1. The van der Waals surface area contributed by atoms with E-state index in [4.69, 9.17) is 10.8 Å². The van der Waals surface area contributed by atoms with Crippen molar-refractivity contribution >= 4 is 5.97 Å². The number of hydrogen-bond donors (Lipinski definition) is 2. The van der Waals surface area contributed by atoms with Crippen LogP contribution < -0.4 is 5.73 Å². The van der Waals surface area contributed by atoms with Crippen molar-refractivity contribution in [1.29, 1.82) is 0 Å². The molecule has 0 aromatic heterocycles. The van der Waals surface area contributed by atoms with Crippen LogP contribution in [0.1, 0.15) is 24.4 Å². The molecule has 0 spiro atoms. The molecule has 0 fully saturated rings. The molecule has 0 saturated carbocycles. The van der Waals surface area contributed by atoms with Gasteiger partial charge in [0.1, 0.15) is 5.82 Å². The summed E-state index contributed by atoms with van der Waals surface area (Å²) in [6, 6.07) is 0.0776. The van der Waals surface area contributed by atoms with Gasteiger partial charge in [0.15, 0.2) is 11.6 Å². The van der Waals surface area contributed by atoms with E-state index >= 15 is 0 Å². The number of rotatable bonds is 4. The Kier molecular flexibility index (Phi) is 3.89. The van der Waals surface area contributed by atoms with Gasteiger partial charge < -0.3 is 10.8 Å². The number of benzene rings is 1. The summed E-state index contributed by atoms with van der Waals surface area (Å²) in [6.45, 7) is 0. The molecule has 0 bridgehead atoms. The second-order valence-electron chi connectivity index (χ2n) is 3.33. The monoisotopic (exact) mass is 233 g/mol. The van der Waals surface area contributed by atoms with Crippen molar-refractivity contribution in [2.45, 2.75) is 18.9 Å². The molecule has 1 atom stereocenters. The van der Waals surface area contributed by atoms with Gasteiger partial charge in [-0.05, 0) is 12.5 Å². The maximum absolute atomic E-state index is 13.2. The van der Waals surface area contributed by atoms with Gasteiger partial charge in [0, 0.05) is 24.1 Å². The molecule has 0 aliphatic carbocycles. The minimum Gasteiger partial charge on any atom is -0.481 e. The molecule has 0 aliphatic rings. The van der Waals surface area contributed by atoms with Crippen molar-refractivity contribution in [3.63, 3.8) is 0 Å². The molecule has 0 radical (unpaired) electrons. The summed E-state index contributed by atoms with van der Waals surface area (Å²) >= 11 is 0. The third-order valence-electron chi connectivity index (χ3n) is 2.11. The number of carboxylic acids is 1. The topological polar surface area (TPSA) is 63.3 Å². The SMILES string of the molecule is NC(CCC(=O)O)c1cc(F)c(F)cc1F. The van der Waals surface area contributed by atoms with Crippen LogP contribution in [0.25, 0.3) is 0 Å². The molecule has 1 unspecified atom stereocenters. The van der Waals surface area contributed by atoms with Crippen LogP contribution in [0, 0.1) is 17.5 Å². The predicted molar refractivity (Wildman–Crippen MR) is 50.1 cm³/mol. The highest BCUT2D eigenvalue weighted by Gasteiger charge is 2.16. The van der Waals surface area contributed by atoms with Crippen LogP contribution >= 0.6 is 0 Å². The Labute approximate surface area is 89.7 Å². The fourth-order valence-electron chi connectivity index (χ4n) is 1.26. The minimum atomic E-state index is -1.30. The molecule has 1 aromatic carbocycles. The molecule has 6 heteroatoms. The quantitative estimate of drug-likeness (QED) is 0.781. The van der Waals surface area contributed by atoms with Crippen molar-refractivity contribution in [1.82, 2.24) is 0 Å². The van der Waals surface area contributed by atoms with Crippen molar-refractivity contribution in [3.8, 4) is 0 Å². The lowest BCUT2D eigenvalue weighted by atomic mass is 10.0. The smallest absolute Gasteiger partial charge is 0.303 e. The molecule has 0 heterocycles. The minimum absolute atomic E-state index is 0.0443. The van der Waals surface area contributed by atoms with E-state index in [1.54, 1.807) is 0 Å². The molecular weight excluding hydrogens is 223 g/mol. The Morgan fingerprint density at radius 1 is 1.25 bits per heavy atom. The summed E-state index contributed by atoms with van der Waals surface area (Å²) in [4.78, 5) is 10.3. The molecule has 0 amide bonds. The molecule has 0 aliphatic heterocycles. The van der Waals surface area contributed by atoms with E-state index in [1.165, 1.54) is 0 Å². The van der Waals surface area contributed by atoms with E-state index in [-0.39, 0.29) is 18.4 Å². The first-order valence-corrected chi connectivity index (χ1v) is 4.53. The highest BCUT2D eigenvalue weighted by molar-refractivity contribution is 5.66. The first-order chi connectivity index (χ1) is 7.41. The fraction of sp³-hybridized carbons (Fsp3) is 0.300. The van der Waals surface area contributed by atoms with E-state index in [0.29, 0.717) is 12.1 Å². The number of hydrogen-bond acceptors (Lipinski definition) is 2. The second kappa shape index (κ2) is 4.98. The lowest BCUT2D eigenvalue weighted by Crippen LogP contribution is -2.14. The summed E-state index contributed by atoms with van der Waals surface area (Å²) in [5.74, 6) is -4.57. The summed E-state index contributed by atoms with van der Waals surface area (Å²) < 4.78 is 38.6. The van der Waals surface area contributed by atoms with Gasteiger partial charge in [-0.25, -0.2) is 13.2 Å². The van der Waals surface area contributed by atoms with E-state index in [9.17, 15) is 18.0 Å². The largest absolute Gasteiger partial charge is 0.481 e. The van der Waals surface area contributed by atoms with Crippen molar-refractivity contribution in [2.24, 2.45) is 5.73 Å². The van der Waals surface area contributed by atoms with Gasteiger partial charge in [0.05, 0.1) is 0 Å². The molecule has 3 N–H and O–H groups in total. The molecule has 3 nitrogen and oxygen atoms in total. The van der Waals surface area contributed by atoms with E-state index in [0.717, 1.165) is 0 Å². The van der Waals surface area contributed by atoms with E-state index in [1.807, 2.05) is 0 Å². The zero-order valence-electron chi connectivity index (χ0n) is 8.21. The highest BCUT2D eigenvalue weighted by atomic mass is 19.2. The lowest BCUT2D eigenvalue weighted by molar-refractivity contribution is -0.137. The van der Waals surface area contributed by atoms with Crippen LogP contribution in [0.4, 0.5) is 13.2 Å². The summed E-state index contributed by atoms with van der Waals surface area (Å²) in [6.07, 6.45) is -0.309. The summed E-state index contributed by atoms with van der Waals surface area (Å²) in [5.41, 5.74) is 5.25. The number of aliphatic carboxylic acids is 1. The van der Waals surface area contributed by atoms with Gasteiger partial charge in [-0.1, -0.05) is 0 Å². The molecule has 88 valence electrons. The Morgan fingerprint density at radius 2 is 1.81 bits per heavy atom. The third kappa shape index (κ3) is 2.96. The molecule has 1 rings (SSSR count). The number of nitrogens with two attached hydrogens (primary N) is 1. The lowest BCUT2D eigenvalue weighted by Gasteiger charge is -2.12. The van der Waals surface area contributed by atoms with Gasteiger partial charge in [-0.2, -0.15) is 0 Å². The second-order valence-corrected chi connectivity index (χ2v) is 3.33. The van der Waals surface area contributed by atoms with E-state index < -0.39 is 29.5 Å². The van der Waals surface area contributed by atoms with Crippen LogP contribution in [-0.2, 0) is 4.79 Å². The average Bonchev–Trinajstić information content (AvgIpc) is 2.20. The van der Waals surface area contributed by atoms with Crippen molar-refractivity contribution in [2.75, 3.05) is 0 Å². The normalized spacial score (nSPS) is 12.5. The molecule has 16 heavy (non-hydrogen) atoms. The standard InChI is InChI=1S/C10H10F3NO2/c11-6-4-8(13)7(12)3-5(6)9(14)1-2-10(15)16/h3-4,9H,1-2,14H2,(H,15,16). The van der Waals surface area contributed by atoms with Crippen molar-refractivity contribution < 1.29 is 23.1 Å². The van der Waals surface area contributed by atoms with Crippen LogP contribution in [0.2, 0.25) is 0 Å². The summed E-state index contributed by atoms with van der Waals surface area (Å²) in [5, 5.41) is 8.39. The van der Waals surface area contributed by atoms with Gasteiger partial charge in [0.2, 0.25) is 0 Å². The zero-order chi connectivity index (χ0) is 12.3. The maximum Gasteiger partial charge on any atom is 0.303 e. The maximum atomic E-state index is 13.2. The van der Waals surface area contributed by atoms with Crippen molar-refractivity contribution in [3.05, 3.63) is 35.1 Å². The van der Waals surface area contributed by atoms with Crippen LogP contribution in [-0.4, -0.2) is 11.1 Å². The first-order valence-electron chi connectivity index (χ1n) is 4.53. The zero-order valence-corrected chi connectivity index (χ0v) is 8.21. The number of halogens is 3. The Balaban J connectivity index is 2.86. The van der Waals surface area contributed by atoms with Gasteiger partial charge in [-0.15, -0.1) is 0 Å². The third-order valence-corrected chi connectivity index (χ3v) is 2.11. The highest BCUT2D eigenvalue weighted by Crippen LogP contribution is 2.21. The Hall–Kier alpha value is -1.56. The fourth-order valence-corrected chi connectivity index (χ4v) is 1.26. The van der Waals surface area contributed by atoms with Crippen LogP contribution in [0.15, 0.2) is 12.1 Å². The van der Waals surface area contributed by atoms with Crippen LogP contribution in [0.5, 0.6) is 0 Å². The van der Waals surface area contributed by atoms with Gasteiger partial charge in [0.25, 0.3) is 0 Å². The summed E-state index contributed by atoms with van der Waals surface area (Å²) in [7, 11) is 0. The Bertz CT molecular complexity index is 409. The first kappa shape index (κ1) is 12.5. The van der Waals surface area contributed by atoms with E-state index in [2.05, 4.69) is 0 Å². The van der Waals surface area contributed by atoms with Gasteiger partial charge in [-0.3, -0.25) is 4.79 Å². The predicted octanol–water partition coefficient (Wildman–Crippen LogP) is 1.97. The van der Waals surface area contributed by atoms with Crippen LogP contribution in [0.3, 0.4) is 0 Å². The van der Waals surface area contributed by atoms with Gasteiger partial charge >= 0.3 is 5.97 Å². The molecular formula is C10H10F3NO2.